The van der Waals surface area contributed by atoms with Crippen LogP contribution in [0.4, 0.5) is 0 Å². The van der Waals surface area contributed by atoms with Crippen LogP contribution >= 0.6 is 0 Å². The first-order valence-corrected chi connectivity index (χ1v) is 14.0. The number of nitrogens with zero attached hydrogens (tertiary/aromatic N) is 1. The van der Waals surface area contributed by atoms with Crippen molar-refractivity contribution in [2.45, 2.75) is 39.9 Å². The Morgan fingerprint density at radius 1 is 0.721 bits per heavy atom. The van der Waals surface area contributed by atoms with Gasteiger partial charge in [-0.3, -0.25) is 0 Å². The SMILES string of the molecule is COc1cc(-c2c3c4cc(OC)c(OC(C)C)cc4oc(=O)c3n3ccc4cc(OC(C)C)c(OC)cc4c23)ccc1O. The van der Waals surface area contributed by atoms with Crippen LogP contribution in [0.25, 0.3) is 49.3 Å². The molecule has 0 saturated carbocycles. The maximum atomic E-state index is 13.8. The van der Waals surface area contributed by atoms with Gasteiger partial charge in [0.1, 0.15) is 11.1 Å². The lowest BCUT2D eigenvalue weighted by Crippen LogP contribution is -2.07. The molecule has 43 heavy (non-hydrogen) atoms. The van der Waals surface area contributed by atoms with Crippen LogP contribution in [0.3, 0.4) is 0 Å². The zero-order valence-corrected chi connectivity index (χ0v) is 25.1. The number of hydrogen-bond acceptors (Lipinski definition) is 8. The average molecular weight is 584 g/mol. The fourth-order valence-corrected chi connectivity index (χ4v) is 5.63. The maximum Gasteiger partial charge on any atom is 0.361 e. The van der Waals surface area contributed by atoms with Crippen molar-refractivity contribution >= 4 is 38.2 Å². The van der Waals surface area contributed by atoms with Crippen molar-refractivity contribution in [2.24, 2.45) is 0 Å². The molecule has 0 aliphatic rings. The second kappa shape index (κ2) is 10.7. The van der Waals surface area contributed by atoms with Crippen molar-refractivity contribution in [3.05, 3.63) is 65.1 Å². The van der Waals surface area contributed by atoms with Crippen molar-refractivity contribution in [1.29, 1.82) is 0 Å². The molecule has 9 heteroatoms. The molecule has 0 amide bonds. The van der Waals surface area contributed by atoms with E-state index in [0.29, 0.717) is 50.6 Å². The molecule has 6 aromatic rings. The van der Waals surface area contributed by atoms with Gasteiger partial charge in [0.05, 0.1) is 39.1 Å². The van der Waals surface area contributed by atoms with E-state index in [-0.39, 0.29) is 18.0 Å². The molecule has 0 saturated heterocycles. The van der Waals surface area contributed by atoms with Gasteiger partial charge in [-0.25, -0.2) is 4.79 Å². The highest BCUT2D eigenvalue weighted by molar-refractivity contribution is 6.22. The molecule has 3 aromatic heterocycles. The Morgan fingerprint density at radius 3 is 1.98 bits per heavy atom. The molecular formula is C34H33NO8. The summed E-state index contributed by atoms with van der Waals surface area (Å²) in [6, 6.07) is 14.4. The molecule has 0 unspecified atom stereocenters. The van der Waals surface area contributed by atoms with E-state index < -0.39 is 5.63 Å². The molecule has 0 bridgehead atoms. The third-order valence-corrected chi connectivity index (χ3v) is 7.32. The van der Waals surface area contributed by atoms with E-state index in [1.165, 1.54) is 7.11 Å². The molecule has 9 nitrogen and oxygen atoms in total. The van der Waals surface area contributed by atoms with Gasteiger partial charge in [0.2, 0.25) is 0 Å². The van der Waals surface area contributed by atoms with Crippen LogP contribution in [0.5, 0.6) is 34.5 Å². The quantitative estimate of drug-likeness (QED) is 0.186. The van der Waals surface area contributed by atoms with Crippen LogP contribution < -0.4 is 29.3 Å². The maximum absolute atomic E-state index is 13.8. The molecule has 0 spiro atoms. The smallest absolute Gasteiger partial charge is 0.361 e. The molecule has 6 rings (SSSR count). The molecule has 222 valence electrons. The molecule has 0 radical (unpaired) electrons. The number of aromatic nitrogens is 1. The molecule has 0 aliphatic heterocycles. The van der Waals surface area contributed by atoms with Gasteiger partial charge < -0.3 is 37.6 Å². The summed E-state index contributed by atoms with van der Waals surface area (Å²) >= 11 is 0. The summed E-state index contributed by atoms with van der Waals surface area (Å²) in [5.41, 5.74) is 2.41. The Hall–Kier alpha value is -5.05. The lowest BCUT2D eigenvalue weighted by atomic mass is 9.98. The Labute approximate surface area is 247 Å². The fourth-order valence-electron chi connectivity index (χ4n) is 5.63. The largest absolute Gasteiger partial charge is 0.504 e. The lowest BCUT2D eigenvalue weighted by molar-refractivity contribution is 0.230. The van der Waals surface area contributed by atoms with E-state index >= 15 is 0 Å². The van der Waals surface area contributed by atoms with E-state index in [0.717, 1.165) is 27.4 Å². The minimum atomic E-state index is -0.513. The predicted octanol–water partition coefficient (Wildman–Crippen LogP) is 7.32. The first-order chi connectivity index (χ1) is 20.6. The predicted molar refractivity (Wildman–Crippen MR) is 167 cm³/mol. The van der Waals surface area contributed by atoms with E-state index in [1.54, 1.807) is 38.5 Å². The second-order valence-electron chi connectivity index (χ2n) is 10.8. The molecule has 0 atom stereocenters. The number of phenolic OH excluding ortho intramolecular Hbond substituents is 1. The van der Waals surface area contributed by atoms with Gasteiger partial charge in [-0.1, -0.05) is 6.07 Å². The molecular weight excluding hydrogens is 550 g/mol. The molecule has 0 fully saturated rings. The van der Waals surface area contributed by atoms with Crippen molar-refractivity contribution in [3.63, 3.8) is 0 Å². The number of benzene rings is 3. The highest BCUT2D eigenvalue weighted by Crippen LogP contribution is 2.46. The van der Waals surface area contributed by atoms with Crippen LogP contribution in [0.2, 0.25) is 0 Å². The normalized spacial score (nSPS) is 11.7. The molecule has 3 heterocycles. The summed E-state index contributed by atoms with van der Waals surface area (Å²) in [5, 5.41) is 13.5. The van der Waals surface area contributed by atoms with Gasteiger partial charge in [0.15, 0.2) is 34.5 Å². The Morgan fingerprint density at radius 2 is 1.35 bits per heavy atom. The van der Waals surface area contributed by atoms with Gasteiger partial charge in [-0.15, -0.1) is 0 Å². The van der Waals surface area contributed by atoms with E-state index in [4.69, 9.17) is 28.1 Å². The van der Waals surface area contributed by atoms with Crippen molar-refractivity contribution in [2.75, 3.05) is 21.3 Å². The summed E-state index contributed by atoms with van der Waals surface area (Å²) in [7, 11) is 4.67. The van der Waals surface area contributed by atoms with Gasteiger partial charge in [0.25, 0.3) is 0 Å². The second-order valence-corrected chi connectivity index (χ2v) is 10.8. The monoisotopic (exact) mass is 583 g/mol. The van der Waals surface area contributed by atoms with Gasteiger partial charge in [0, 0.05) is 34.0 Å². The number of methoxy groups -OCH3 is 3. The van der Waals surface area contributed by atoms with Crippen LogP contribution in [0.1, 0.15) is 27.7 Å². The average Bonchev–Trinajstić information content (AvgIpc) is 3.32. The first-order valence-electron chi connectivity index (χ1n) is 14.0. The minimum absolute atomic E-state index is 0.00240. The number of fused-ring (bicyclic) bond motifs is 7. The number of rotatable bonds is 8. The van der Waals surface area contributed by atoms with Crippen molar-refractivity contribution in [3.8, 4) is 45.6 Å². The summed E-state index contributed by atoms with van der Waals surface area (Å²) in [6.45, 7) is 7.74. The highest BCUT2D eigenvalue weighted by atomic mass is 16.5. The van der Waals surface area contributed by atoms with Crippen LogP contribution in [-0.2, 0) is 0 Å². The lowest BCUT2D eigenvalue weighted by Gasteiger charge is -2.16. The van der Waals surface area contributed by atoms with Crippen molar-refractivity contribution in [1.82, 2.24) is 4.40 Å². The van der Waals surface area contributed by atoms with Crippen LogP contribution in [0.15, 0.2) is 63.9 Å². The summed E-state index contributed by atoms with van der Waals surface area (Å²) < 4.78 is 36.7. The van der Waals surface area contributed by atoms with Gasteiger partial charge >= 0.3 is 5.63 Å². The standard InChI is InChI=1S/C34H33NO8/c1-17(2)41-28-12-19-10-11-35-32(21(19)14-26(28)39-6)30(20-8-9-23(36)25(13-20)38-5)31-22-15-27(40-7)29(42-18(3)4)16-24(22)43-34(37)33(31)35/h8-18,36H,1-7H3. The molecule has 1 N–H and O–H groups in total. The van der Waals surface area contributed by atoms with E-state index in [1.807, 2.05) is 62.6 Å². The minimum Gasteiger partial charge on any atom is -0.504 e. The van der Waals surface area contributed by atoms with Crippen LogP contribution in [-0.4, -0.2) is 43.0 Å². The molecule has 0 aliphatic carbocycles. The summed E-state index contributed by atoms with van der Waals surface area (Å²) in [4.78, 5) is 13.8. The van der Waals surface area contributed by atoms with Crippen LogP contribution in [0, 0.1) is 0 Å². The topological polar surface area (TPSA) is 101 Å². The van der Waals surface area contributed by atoms with E-state index in [9.17, 15) is 9.90 Å². The van der Waals surface area contributed by atoms with Gasteiger partial charge in [-0.2, -0.15) is 0 Å². The van der Waals surface area contributed by atoms with Gasteiger partial charge in [-0.05, 0) is 75.0 Å². The zero-order chi connectivity index (χ0) is 30.6. The number of hydrogen-bond donors (Lipinski definition) is 1. The number of aromatic hydroxyl groups is 1. The third kappa shape index (κ3) is 4.61. The molecule has 3 aromatic carbocycles. The van der Waals surface area contributed by atoms with E-state index in [2.05, 4.69) is 0 Å². The number of ether oxygens (including phenoxy) is 5. The summed E-state index contributed by atoms with van der Waals surface area (Å²) in [5.74, 6) is 2.45. The zero-order valence-electron chi connectivity index (χ0n) is 25.1. The Kier molecular flexibility index (Phi) is 6.96. The third-order valence-electron chi connectivity index (χ3n) is 7.32. The number of phenols is 1. The Balaban J connectivity index is 1.84. The number of pyridine rings is 1. The first kappa shape index (κ1) is 28.1. The summed E-state index contributed by atoms with van der Waals surface area (Å²) in [6.07, 6.45) is 1.68. The highest BCUT2D eigenvalue weighted by Gasteiger charge is 2.25. The fraction of sp³-hybridized carbons (Fsp3) is 0.265. The van der Waals surface area contributed by atoms with Crippen molar-refractivity contribution < 1.29 is 33.2 Å². The Bertz CT molecular complexity index is 2090.